The number of rotatable bonds is 2. The van der Waals surface area contributed by atoms with Crippen molar-refractivity contribution >= 4 is 23.5 Å². The summed E-state index contributed by atoms with van der Waals surface area (Å²) in [5, 5.41) is 2.06. The van der Waals surface area contributed by atoms with Crippen molar-refractivity contribution < 1.29 is 18.8 Å². The maximum atomic E-state index is 14.6. The van der Waals surface area contributed by atoms with Crippen molar-refractivity contribution in [2.45, 2.75) is 12.8 Å². The summed E-state index contributed by atoms with van der Waals surface area (Å²) in [6.07, 6.45) is 1.76. The number of nitrogens with two attached hydrogens (primary N) is 1. The number of hydrogen-bond acceptors (Lipinski definition) is 5. The normalized spacial score (nSPS) is 15.8. The number of aromatic nitrogens is 1. The second-order valence-electron chi connectivity index (χ2n) is 6.44. The number of amides is 3. The minimum Gasteiger partial charge on any atom is -0.384 e. The van der Waals surface area contributed by atoms with Crippen LogP contribution in [0, 0.1) is 5.82 Å². The van der Waals surface area contributed by atoms with Crippen molar-refractivity contribution in [2.75, 3.05) is 18.8 Å². The van der Waals surface area contributed by atoms with Crippen LogP contribution in [0.2, 0.25) is 0 Å². The van der Waals surface area contributed by atoms with Crippen molar-refractivity contribution in [1.29, 1.82) is 0 Å². The Bertz CT molecular complexity index is 1070. The van der Waals surface area contributed by atoms with Crippen LogP contribution in [0.25, 0.3) is 5.69 Å². The number of pyridine rings is 1. The Morgan fingerprint density at radius 3 is 2.44 bits per heavy atom. The molecule has 2 aromatic rings. The number of imide groups is 1. The molecule has 2 aliphatic heterocycles. The lowest BCUT2D eigenvalue weighted by molar-refractivity contribution is 0.0787. The zero-order valence-electron chi connectivity index (χ0n) is 14.1. The monoisotopic (exact) mass is 370 g/mol. The molecule has 1 aromatic heterocycles. The molecular weight excluding hydrogens is 355 g/mol. The third kappa shape index (κ3) is 2.59. The Balaban J connectivity index is 1.79. The quantitative estimate of drug-likeness (QED) is 0.755. The van der Waals surface area contributed by atoms with Gasteiger partial charge in [0.2, 0.25) is 0 Å². The van der Waals surface area contributed by atoms with Crippen molar-refractivity contribution in [3.05, 3.63) is 57.1 Å². The summed E-state index contributed by atoms with van der Waals surface area (Å²) < 4.78 is 15.5. The van der Waals surface area contributed by atoms with Gasteiger partial charge in [-0.05, 0) is 31.0 Å². The highest BCUT2D eigenvalue weighted by Gasteiger charge is 2.32. The highest BCUT2D eigenvalue weighted by Crippen LogP contribution is 2.24. The zero-order valence-corrected chi connectivity index (χ0v) is 14.1. The molecule has 8 nitrogen and oxygen atoms in total. The Morgan fingerprint density at radius 1 is 1.07 bits per heavy atom. The van der Waals surface area contributed by atoms with Crippen LogP contribution in [0.15, 0.2) is 29.1 Å². The molecule has 4 rings (SSSR count). The highest BCUT2D eigenvalue weighted by molar-refractivity contribution is 6.23. The topological polar surface area (TPSA) is 114 Å². The molecule has 0 atom stereocenters. The SMILES string of the molecule is Nc1c2c(cc(=O)n1-c1ccc(C(=O)N3CCCC3)c(F)c1)C(=O)NC2=O. The Morgan fingerprint density at radius 2 is 1.78 bits per heavy atom. The first kappa shape index (κ1) is 17.0. The van der Waals surface area contributed by atoms with Gasteiger partial charge in [0, 0.05) is 19.2 Å². The molecule has 0 aliphatic carbocycles. The fraction of sp³-hybridized carbons (Fsp3) is 0.222. The van der Waals surface area contributed by atoms with Gasteiger partial charge in [-0.15, -0.1) is 0 Å². The van der Waals surface area contributed by atoms with Gasteiger partial charge >= 0.3 is 0 Å². The lowest BCUT2D eigenvalue weighted by Crippen LogP contribution is -2.28. The summed E-state index contributed by atoms with van der Waals surface area (Å²) in [5.41, 5.74) is 4.96. The summed E-state index contributed by atoms with van der Waals surface area (Å²) in [4.78, 5) is 49.9. The number of carbonyl (C=O) groups excluding carboxylic acids is 3. The van der Waals surface area contributed by atoms with Crippen molar-refractivity contribution in [3.8, 4) is 5.69 Å². The molecule has 9 heteroatoms. The summed E-state index contributed by atoms with van der Waals surface area (Å²) in [5.74, 6) is -2.89. The average Bonchev–Trinajstić information content (AvgIpc) is 3.23. The predicted molar refractivity (Wildman–Crippen MR) is 93.3 cm³/mol. The minimum absolute atomic E-state index is 0.0583. The number of nitrogen functional groups attached to an aromatic ring is 1. The molecule has 1 fully saturated rings. The van der Waals surface area contributed by atoms with Crippen LogP contribution in [0.5, 0.6) is 0 Å². The third-order valence-electron chi connectivity index (χ3n) is 4.79. The van der Waals surface area contributed by atoms with Gasteiger partial charge in [0.1, 0.15) is 11.6 Å². The van der Waals surface area contributed by atoms with E-state index < -0.39 is 29.1 Å². The first-order valence-corrected chi connectivity index (χ1v) is 8.39. The molecule has 1 aromatic carbocycles. The maximum Gasteiger partial charge on any atom is 0.262 e. The van der Waals surface area contributed by atoms with E-state index in [4.69, 9.17) is 5.73 Å². The van der Waals surface area contributed by atoms with E-state index in [-0.39, 0.29) is 28.2 Å². The molecule has 27 heavy (non-hydrogen) atoms. The van der Waals surface area contributed by atoms with Crippen molar-refractivity contribution in [2.24, 2.45) is 0 Å². The Hall–Kier alpha value is -3.49. The number of anilines is 1. The van der Waals surface area contributed by atoms with Gasteiger partial charge in [-0.2, -0.15) is 0 Å². The van der Waals surface area contributed by atoms with E-state index in [9.17, 15) is 23.6 Å². The van der Waals surface area contributed by atoms with E-state index in [2.05, 4.69) is 5.32 Å². The van der Waals surface area contributed by atoms with Crippen LogP contribution in [-0.2, 0) is 0 Å². The zero-order chi connectivity index (χ0) is 19.3. The van der Waals surface area contributed by atoms with Gasteiger partial charge < -0.3 is 10.6 Å². The number of likely N-dealkylation sites (tertiary alicyclic amines) is 1. The summed E-state index contributed by atoms with van der Waals surface area (Å²) >= 11 is 0. The summed E-state index contributed by atoms with van der Waals surface area (Å²) in [6, 6.07) is 4.66. The summed E-state index contributed by atoms with van der Waals surface area (Å²) in [6.45, 7) is 1.17. The number of nitrogens with one attached hydrogen (secondary N) is 1. The molecule has 3 N–H and O–H groups in total. The largest absolute Gasteiger partial charge is 0.384 e. The summed E-state index contributed by atoms with van der Waals surface area (Å²) in [7, 11) is 0. The van der Waals surface area contributed by atoms with E-state index in [0.717, 1.165) is 29.5 Å². The second kappa shape index (κ2) is 6.04. The van der Waals surface area contributed by atoms with Crippen LogP contribution in [-0.4, -0.2) is 40.3 Å². The molecule has 3 amide bonds. The number of carbonyl (C=O) groups is 3. The molecule has 0 spiro atoms. The fourth-order valence-corrected chi connectivity index (χ4v) is 3.45. The standard InChI is InChI=1S/C18H15FN4O4/c19-12-7-9(3-4-10(12)18(27)22-5-1-2-6-22)23-13(24)8-11-14(15(23)20)17(26)21-16(11)25/h3-4,7-8H,1-2,5-6,20H2,(H,21,25,26). The lowest BCUT2D eigenvalue weighted by atomic mass is 10.1. The number of nitrogens with zero attached hydrogens (tertiary/aromatic N) is 2. The highest BCUT2D eigenvalue weighted by atomic mass is 19.1. The first-order chi connectivity index (χ1) is 12.9. The lowest BCUT2D eigenvalue weighted by Gasteiger charge is -2.17. The molecular formula is C18H15FN4O4. The number of halogens is 1. The number of benzene rings is 1. The number of fused-ring (bicyclic) bond motifs is 1. The van der Waals surface area contributed by atoms with Crippen LogP contribution >= 0.6 is 0 Å². The van der Waals surface area contributed by atoms with E-state index >= 15 is 0 Å². The minimum atomic E-state index is -0.795. The average molecular weight is 370 g/mol. The molecule has 1 saturated heterocycles. The van der Waals surface area contributed by atoms with Gasteiger partial charge in [-0.1, -0.05) is 0 Å². The van der Waals surface area contributed by atoms with Crippen molar-refractivity contribution in [3.63, 3.8) is 0 Å². The Kier molecular flexibility index (Phi) is 3.79. The molecule has 0 bridgehead atoms. The molecule has 0 unspecified atom stereocenters. The third-order valence-corrected chi connectivity index (χ3v) is 4.79. The van der Waals surface area contributed by atoms with Crippen LogP contribution < -0.4 is 16.6 Å². The second-order valence-corrected chi connectivity index (χ2v) is 6.44. The molecule has 3 heterocycles. The van der Waals surface area contributed by atoms with E-state index in [0.29, 0.717) is 13.1 Å². The van der Waals surface area contributed by atoms with E-state index in [1.54, 1.807) is 4.90 Å². The molecule has 0 radical (unpaired) electrons. The van der Waals surface area contributed by atoms with Gasteiger partial charge in [0.15, 0.2) is 0 Å². The van der Waals surface area contributed by atoms with Gasteiger partial charge in [-0.25, -0.2) is 4.39 Å². The number of hydrogen-bond donors (Lipinski definition) is 2. The smallest absolute Gasteiger partial charge is 0.262 e. The van der Waals surface area contributed by atoms with Crippen LogP contribution in [0.3, 0.4) is 0 Å². The molecule has 0 saturated carbocycles. The molecule has 138 valence electrons. The first-order valence-electron chi connectivity index (χ1n) is 8.39. The maximum absolute atomic E-state index is 14.6. The fourth-order valence-electron chi connectivity index (χ4n) is 3.45. The van der Waals surface area contributed by atoms with Crippen LogP contribution in [0.4, 0.5) is 10.2 Å². The van der Waals surface area contributed by atoms with Gasteiger partial charge in [-0.3, -0.25) is 29.1 Å². The van der Waals surface area contributed by atoms with E-state index in [1.807, 2.05) is 0 Å². The van der Waals surface area contributed by atoms with Gasteiger partial charge in [0.05, 0.1) is 22.4 Å². The predicted octanol–water partition coefficient (Wildman–Crippen LogP) is 0.678. The van der Waals surface area contributed by atoms with E-state index in [1.165, 1.54) is 12.1 Å². The molecule has 2 aliphatic rings. The van der Waals surface area contributed by atoms with Crippen molar-refractivity contribution in [1.82, 2.24) is 14.8 Å². The van der Waals surface area contributed by atoms with Gasteiger partial charge in [0.25, 0.3) is 23.3 Å². The van der Waals surface area contributed by atoms with Crippen LogP contribution in [0.1, 0.15) is 43.9 Å². The Labute approximate surface area is 152 Å².